The number of rotatable bonds is 42. The van der Waals surface area contributed by atoms with Crippen molar-refractivity contribution >= 4 is 19.8 Å². The van der Waals surface area contributed by atoms with Crippen molar-refractivity contribution in [3.63, 3.8) is 0 Å². The summed E-state index contributed by atoms with van der Waals surface area (Å²) >= 11 is 0. The van der Waals surface area contributed by atoms with E-state index in [2.05, 4.69) is 49.5 Å². The molecule has 352 valence electrons. The fourth-order valence-corrected chi connectivity index (χ4v) is 6.72. The van der Waals surface area contributed by atoms with Gasteiger partial charge in [0.15, 0.2) is 6.10 Å². The third-order valence-electron chi connectivity index (χ3n) is 9.87. The number of aliphatic hydroxyl groups is 1. The summed E-state index contributed by atoms with van der Waals surface area (Å²) in [6, 6.07) is 0. The van der Waals surface area contributed by atoms with Crippen LogP contribution in [0.15, 0.2) is 72.9 Å². The number of esters is 2. The van der Waals surface area contributed by atoms with E-state index in [4.69, 9.17) is 18.5 Å². The summed E-state index contributed by atoms with van der Waals surface area (Å²) < 4.78 is 33.9. The Morgan fingerprint density at radius 3 is 1.67 bits per heavy atom. The fraction of sp³-hybridized carbons (Fsp3) is 0.720. The van der Waals surface area contributed by atoms with Crippen LogP contribution in [0, 0.1) is 0 Å². The molecule has 11 heteroatoms. The van der Waals surface area contributed by atoms with Gasteiger partial charge in [0.1, 0.15) is 19.8 Å². The monoisotopic (exact) mass is 878 g/mol. The number of phosphoric acid groups is 1. The van der Waals surface area contributed by atoms with Gasteiger partial charge < -0.3 is 33.0 Å². The second-order valence-electron chi connectivity index (χ2n) is 16.9. The quantitative estimate of drug-likeness (QED) is 0.0159. The van der Waals surface area contributed by atoms with E-state index in [1.54, 1.807) is 6.08 Å². The number of hydrogen-bond donors (Lipinski definition) is 1. The van der Waals surface area contributed by atoms with Gasteiger partial charge in [0.2, 0.25) is 0 Å². The Morgan fingerprint density at radius 1 is 0.607 bits per heavy atom. The average Bonchev–Trinajstić information content (AvgIpc) is 3.21. The Morgan fingerprint density at radius 2 is 1.10 bits per heavy atom. The number of nitrogens with zero attached hydrogens (tertiary/aromatic N) is 1. The van der Waals surface area contributed by atoms with Gasteiger partial charge in [0.25, 0.3) is 7.82 Å². The standard InChI is InChI=1S/C50H88NO9P/c1-6-8-9-10-11-12-13-14-15-16-17-18-19-24-27-30-33-36-39-42-50(54)60-48(46-59-61(55,56)58-44-43-51(3,4)5)45-57-49(53)41-38-35-32-29-26-23-21-20-22-25-28-31-34-37-40-47(52)7-2/h14-15,21-23,25,29,31-32,34,37,40,47-48,52H,6-13,16-20,24,26-28,30,33,35-36,38-39,41-46H2,1-5H3/b15-14-,23-21-,25-22-,32-29-,34-31-,40-37+/t47-,48+/m0/s1. The van der Waals surface area contributed by atoms with E-state index in [9.17, 15) is 24.2 Å². The smallest absolute Gasteiger partial charge is 0.306 e. The van der Waals surface area contributed by atoms with Crippen LogP contribution in [0.25, 0.3) is 0 Å². The summed E-state index contributed by atoms with van der Waals surface area (Å²) in [5.41, 5.74) is 0. The molecule has 0 rings (SSSR count). The first-order chi connectivity index (χ1) is 29.4. The summed E-state index contributed by atoms with van der Waals surface area (Å²) in [6.07, 6.45) is 48.8. The molecule has 0 fully saturated rings. The number of likely N-dealkylation sites (N-methyl/N-ethyl adjacent to an activating group) is 1. The van der Waals surface area contributed by atoms with Crippen molar-refractivity contribution in [1.29, 1.82) is 0 Å². The SMILES string of the molecule is CCCCCCCC/C=C\CCCCCCCCCCCC(=O)O[C@H](COC(=O)CCC/C=C\C/C=C\C/C=C\C/C=C\C=C\[C@@H](O)CC)COP(=O)([O-])OCC[N+](C)(C)C. The zero-order valence-corrected chi connectivity index (χ0v) is 40.1. The third kappa shape index (κ3) is 45.3. The van der Waals surface area contributed by atoms with Crippen LogP contribution < -0.4 is 4.89 Å². The van der Waals surface area contributed by atoms with Gasteiger partial charge in [-0.3, -0.25) is 14.2 Å². The van der Waals surface area contributed by atoms with Crippen molar-refractivity contribution in [2.24, 2.45) is 0 Å². The molecule has 0 bridgehead atoms. The minimum atomic E-state index is -4.65. The summed E-state index contributed by atoms with van der Waals surface area (Å²) in [4.78, 5) is 37.6. The number of phosphoric ester groups is 1. The van der Waals surface area contributed by atoms with E-state index in [1.807, 2.05) is 52.4 Å². The minimum Gasteiger partial charge on any atom is -0.756 e. The van der Waals surface area contributed by atoms with Gasteiger partial charge in [-0.15, -0.1) is 0 Å². The molecular weight excluding hydrogens is 790 g/mol. The highest BCUT2D eigenvalue weighted by Crippen LogP contribution is 2.38. The Kier molecular flexibility index (Phi) is 39.7. The molecule has 0 aromatic heterocycles. The van der Waals surface area contributed by atoms with Crippen LogP contribution in [0.2, 0.25) is 0 Å². The molecule has 0 aromatic carbocycles. The molecule has 0 aliphatic heterocycles. The summed E-state index contributed by atoms with van der Waals surface area (Å²) in [7, 11) is 1.10. The fourth-order valence-electron chi connectivity index (χ4n) is 5.99. The molecule has 0 heterocycles. The second-order valence-corrected chi connectivity index (χ2v) is 18.3. The third-order valence-corrected chi connectivity index (χ3v) is 10.8. The Labute approximate surface area is 372 Å². The Balaban J connectivity index is 4.42. The van der Waals surface area contributed by atoms with E-state index in [1.165, 1.54) is 83.5 Å². The van der Waals surface area contributed by atoms with E-state index in [0.717, 1.165) is 38.5 Å². The number of allylic oxidation sites excluding steroid dienone is 11. The lowest BCUT2D eigenvalue weighted by molar-refractivity contribution is -0.870. The molecule has 1 N–H and O–H groups in total. The number of aliphatic hydroxyl groups excluding tert-OH is 1. The second kappa shape index (κ2) is 41.4. The van der Waals surface area contributed by atoms with Crippen LogP contribution in [0.5, 0.6) is 0 Å². The zero-order valence-electron chi connectivity index (χ0n) is 39.2. The van der Waals surface area contributed by atoms with E-state index >= 15 is 0 Å². The van der Waals surface area contributed by atoms with E-state index < -0.39 is 32.5 Å². The normalized spacial score (nSPS) is 14.7. The number of unbranched alkanes of at least 4 members (excludes halogenated alkanes) is 16. The van der Waals surface area contributed by atoms with Crippen molar-refractivity contribution in [2.75, 3.05) is 47.5 Å². The van der Waals surface area contributed by atoms with Crippen molar-refractivity contribution in [3.05, 3.63) is 72.9 Å². The minimum absolute atomic E-state index is 0.0491. The van der Waals surface area contributed by atoms with Gasteiger partial charge in [-0.1, -0.05) is 164 Å². The average molecular weight is 878 g/mol. The van der Waals surface area contributed by atoms with Crippen LogP contribution in [0.1, 0.15) is 174 Å². The zero-order chi connectivity index (χ0) is 45.1. The first-order valence-electron chi connectivity index (χ1n) is 23.8. The topological polar surface area (TPSA) is 131 Å². The molecule has 3 atom stereocenters. The van der Waals surface area contributed by atoms with Gasteiger partial charge in [-0.2, -0.15) is 0 Å². The van der Waals surface area contributed by atoms with Crippen LogP contribution in [0.4, 0.5) is 0 Å². The number of carbonyl (C=O) groups excluding carboxylic acids is 2. The van der Waals surface area contributed by atoms with Gasteiger partial charge in [0, 0.05) is 12.8 Å². The molecule has 61 heavy (non-hydrogen) atoms. The summed E-state index contributed by atoms with van der Waals surface area (Å²) in [5.74, 6) is -0.927. The lowest BCUT2D eigenvalue weighted by atomic mass is 10.1. The molecule has 0 saturated carbocycles. The molecule has 0 saturated heterocycles. The molecule has 0 aliphatic rings. The van der Waals surface area contributed by atoms with Crippen LogP contribution in [0.3, 0.4) is 0 Å². The maximum Gasteiger partial charge on any atom is 0.306 e. The number of carbonyl (C=O) groups is 2. The summed E-state index contributed by atoms with van der Waals surface area (Å²) in [6.45, 7) is 3.81. The predicted molar refractivity (Wildman–Crippen MR) is 251 cm³/mol. The molecular formula is C50H88NO9P. The van der Waals surface area contributed by atoms with Crippen molar-refractivity contribution in [1.82, 2.24) is 0 Å². The summed E-state index contributed by atoms with van der Waals surface area (Å²) in [5, 5.41) is 9.49. The predicted octanol–water partition coefficient (Wildman–Crippen LogP) is 12.1. The first-order valence-corrected chi connectivity index (χ1v) is 25.2. The van der Waals surface area contributed by atoms with Gasteiger partial charge >= 0.3 is 11.9 Å². The van der Waals surface area contributed by atoms with Crippen LogP contribution in [-0.2, 0) is 32.7 Å². The Hall–Kier alpha value is -2.59. The first kappa shape index (κ1) is 58.4. The highest BCUT2D eigenvalue weighted by Gasteiger charge is 2.21. The molecule has 0 aromatic rings. The van der Waals surface area contributed by atoms with Gasteiger partial charge in [0.05, 0.1) is 33.9 Å². The lowest BCUT2D eigenvalue weighted by Gasteiger charge is -2.28. The number of quaternary nitrogens is 1. The molecule has 0 spiro atoms. The van der Waals surface area contributed by atoms with Gasteiger partial charge in [-0.05, 0) is 70.6 Å². The van der Waals surface area contributed by atoms with Crippen LogP contribution in [-0.4, -0.2) is 81.2 Å². The number of hydrogen-bond acceptors (Lipinski definition) is 9. The molecule has 10 nitrogen and oxygen atoms in total. The largest absolute Gasteiger partial charge is 0.756 e. The highest BCUT2D eigenvalue weighted by atomic mass is 31.2. The maximum absolute atomic E-state index is 12.7. The highest BCUT2D eigenvalue weighted by molar-refractivity contribution is 7.45. The van der Waals surface area contributed by atoms with Crippen molar-refractivity contribution in [3.8, 4) is 0 Å². The number of ether oxygens (including phenoxy) is 2. The molecule has 1 unspecified atom stereocenters. The maximum atomic E-state index is 12.7. The lowest BCUT2D eigenvalue weighted by Crippen LogP contribution is -2.37. The molecule has 0 amide bonds. The van der Waals surface area contributed by atoms with E-state index in [0.29, 0.717) is 36.7 Å². The van der Waals surface area contributed by atoms with E-state index in [-0.39, 0.29) is 32.2 Å². The molecule has 0 aliphatic carbocycles. The van der Waals surface area contributed by atoms with Crippen molar-refractivity contribution < 1.29 is 47.2 Å². The van der Waals surface area contributed by atoms with Crippen LogP contribution >= 0.6 is 7.82 Å². The Bertz CT molecular complexity index is 1280. The van der Waals surface area contributed by atoms with Crippen molar-refractivity contribution in [2.45, 2.75) is 187 Å². The molecule has 0 radical (unpaired) electrons. The van der Waals surface area contributed by atoms with Gasteiger partial charge in [-0.25, -0.2) is 0 Å².